The van der Waals surface area contributed by atoms with Crippen LogP contribution in [0.15, 0.2) is 0 Å². The van der Waals surface area contributed by atoms with E-state index in [0.717, 1.165) is 23.7 Å². The van der Waals surface area contributed by atoms with Crippen LogP contribution < -0.4 is 0 Å². The summed E-state index contributed by atoms with van der Waals surface area (Å²) in [6.45, 7) is 4.79. The summed E-state index contributed by atoms with van der Waals surface area (Å²) in [4.78, 5) is 0. The largest absolute Gasteiger partial charge is 0.0651 e. The first-order valence-electron chi connectivity index (χ1n) is 6.79. The highest BCUT2D eigenvalue weighted by molar-refractivity contribution is 4.84. The van der Waals surface area contributed by atoms with E-state index < -0.39 is 0 Å². The molecule has 0 amide bonds. The van der Waals surface area contributed by atoms with Crippen LogP contribution in [-0.4, -0.2) is 0 Å². The van der Waals surface area contributed by atoms with E-state index in [1.807, 2.05) is 0 Å². The Labute approximate surface area is 89.5 Å². The molecule has 0 N–H and O–H groups in total. The van der Waals surface area contributed by atoms with Gasteiger partial charge in [0.2, 0.25) is 0 Å². The van der Waals surface area contributed by atoms with E-state index >= 15 is 0 Å². The molecule has 0 aromatic heterocycles. The lowest BCUT2D eigenvalue weighted by Crippen LogP contribution is -2.28. The van der Waals surface area contributed by atoms with Gasteiger partial charge in [0, 0.05) is 0 Å². The fourth-order valence-corrected chi connectivity index (χ4v) is 3.64. The molecule has 14 heavy (non-hydrogen) atoms. The third-order valence-corrected chi connectivity index (χ3v) is 4.79. The third kappa shape index (κ3) is 2.32. The number of hydrogen-bond acceptors (Lipinski definition) is 0. The quantitative estimate of drug-likeness (QED) is 0.562. The lowest BCUT2D eigenvalue weighted by atomic mass is 9.67. The molecule has 2 rings (SSSR count). The molecule has 2 aliphatic rings. The lowest BCUT2D eigenvalue weighted by Gasteiger charge is -2.38. The maximum atomic E-state index is 2.42. The van der Waals surface area contributed by atoms with Crippen molar-refractivity contribution in [2.45, 2.75) is 65.2 Å². The fourth-order valence-electron chi connectivity index (χ4n) is 3.64. The zero-order valence-corrected chi connectivity index (χ0v) is 9.97. The Morgan fingerprint density at radius 3 is 2.36 bits per heavy atom. The summed E-state index contributed by atoms with van der Waals surface area (Å²) in [7, 11) is 0. The Hall–Kier alpha value is 0. The Morgan fingerprint density at radius 2 is 1.71 bits per heavy atom. The van der Waals surface area contributed by atoms with Crippen molar-refractivity contribution in [3.63, 3.8) is 0 Å². The van der Waals surface area contributed by atoms with E-state index in [1.165, 1.54) is 25.7 Å². The molecule has 0 saturated heterocycles. The predicted octanol–water partition coefficient (Wildman–Crippen LogP) is 4.64. The second-order valence-electron chi connectivity index (χ2n) is 5.88. The van der Waals surface area contributed by atoms with Gasteiger partial charge < -0.3 is 0 Å². The molecule has 0 aromatic rings. The second kappa shape index (κ2) is 4.68. The van der Waals surface area contributed by atoms with Gasteiger partial charge in [0.1, 0.15) is 0 Å². The van der Waals surface area contributed by atoms with Crippen molar-refractivity contribution >= 4 is 0 Å². The highest BCUT2D eigenvalue weighted by Gasteiger charge is 2.33. The molecule has 0 heteroatoms. The van der Waals surface area contributed by atoms with Crippen molar-refractivity contribution in [1.29, 1.82) is 0 Å². The van der Waals surface area contributed by atoms with Gasteiger partial charge in [0.25, 0.3) is 0 Å². The number of rotatable bonds is 2. The summed E-state index contributed by atoms with van der Waals surface area (Å²) in [6, 6.07) is 0. The van der Waals surface area contributed by atoms with Crippen LogP contribution in [0.2, 0.25) is 0 Å². The van der Waals surface area contributed by atoms with Crippen LogP contribution in [0.1, 0.15) is 65.2 Å². The van der Waals surface area contributed by atoms with Crippen LogP contribution in [0.3, 0.4) is 0 Å². The Bertz CT molecular complexity index is 167. The first-order valence-corrected chi connectivity index (χ1v) is 6.79. The average Bonchev–Trinajstić information content (AvgIpc) is 2.37. The molecule has 0 nitrogen and oxygen atoms in total. The number of hydrogen-bond donors (Lipinski definition) is 0. The van der Waals surface area contributed by atoms with Crippen LogP contribution in [0, 0.1) is 23.7 Å². The highest BCUT2D eigenvalue weighted by Crippen LogP contribution is 2.44. The van der Waals surface area contributed by atoms with Gasteiger partial charge >= 0.3 is 0 Å². The van der Waals surface area contributed by atoms with E-state index in [0.29, 0.717) is 0 Å². The third-order valence-electron chi connectivity index (χ3n) is 4.79. The first kappa shape index (κ1) is 10.5. The summed E-state index contributed by atoms with van der Waals surface area (Å²) in [6.07, 6.45) is 12.2. The van der Waals surface area contributed by atoms with Gasteiger partial charge in [0.15, 0.2) is 0 Å². The molecular weight excluding hydrogens is 168 g/mol. The van der Waals surface area contributed by atoms with Crippen molar-refractivity contribution in [2.24, 2.45) is 23.7 Å². The summed E-state index contributed by atoms with van der Waals surface area (Å²) in [5, 5.41) is 0. The van der Waals surface area contributed by atoms with Crippen LogP contribution >= 0.6 is 0 Å². The molecule has 2 fully saturated rings. The fraction of sp³-hybridized carbons (Fsp3) is 1.00. The standard InChI is InChI=1S/C14H26/c1-3-12-5-4-6-13(8-7-12)14-9-11(2)10-14/h11-14H,3-10H2,1-2H3. The maximum absolute atomic E-state index is 2.42. The zero-order valence-electron chi connectivity index (χ0n) is 9.97. The molecule has 2 aliphatic carbocycles. The van der Waals surface area contributed by atoms with E-state index in [1.54, 1.807) is 25.7 Å². The van der Waals surface area contributed by atoms with Crippen molar-refractivity contribution < 1.29 is 0 Å². The second-order valence-corrected chi connectivity index (χ2v) is 5.88. The molecular formula is C14H26. The summed E-state index contributed by atoms with van der Waals surface area (Å²) < 4.78 is 0. The van der Waals surface area contributed by atoms with Crippen LogP contribution in [0.4, 0.5) is 0 Å². The topological polar surface area (TPSA) is 0 Å². The molecule has 82 valence electrons. The van der Waals surface area contributed by atoms with Crippen molar-refractivity contribution in [3.8, 4) is 0 Å². The van der Waals surface area contributed by atoms with Gasteiger partial charge in [-0.1, -0.05) is 46.0 Å². The van der Waals surface area contributed by atoms with E-state index in [2.05, 4.69) is 13.8 Å². The van der Waals surface area contributed by atoms with Gasteiger partial charge in [0.05, 0.1) is 0 Å². The van der Waals surface area contributed by atoms with E-state index in [-0.39, 0.29) is 0 Å². The van der Waals surface area contributed by atoms with Gasteiger partial charge in [-0.2, -0.15) is 0 Å². The van der Waals surface area contributed by atoms with Crippen LogP contribution in [0.5, 0.6) is 0 Å². The minimum absolute atomic E-state index is 1.05. The van der Waals surface area contributed by atoms with Crippen molar-refractivity contribution in [1.82, 2.24) is 0 Å². The summed E-state index contributed by atoms with van der Waals surface area (Å²) in [5.74, 6) is 4.35. The monoisotopic (exact) mass is 194 g/mol. The maximum Gasteiger partial charge on any atom is -0.0381 e. The van der Waals surface area contributed by atoms with E-state index in [4.69, 9.17) is 0 Å². The zero-order chi connectivity index (χ0) is 9.97. The van der Waals surface area contributed by atoms with Gasteiger partial charge in [-0.05, 0) is 42.9 Å². The molecule has 0 radical (unpaired) electrons. The minimum atomic E-state index is 1.05. The molecule has 0 bridgehead atoms. The molecule has 0 aromatic carbocycles. The summed E-state index contributed by atoms with van der Waals surface area (Å²) in [5.41, 5.74) is 0. The van der Waals surface area contributed by atoms with Gasteiger partial charge in [-0.25, -0.2) is 0 Å². The predicted molar refractivity (Wildman–Crippen MR) is 62.2 cm³/mol. The molecule has 0 spiro atoms. The minimum Gasteiger partial charge on any atom is -0.0651 e. The van der Waals surface area contributed by atoms with Crippen molar-refractivity contribution in [2.75, 3.05) is 0 Å². The van der Waals surface area contributed by atoms with Crippen LogP contribution in [0.25, 0.3) is 0 Å². The molecule has 2 unspecified atom stereocenters. The Kier molecular flexibility index (Phi) is 3.52. The molecule has 0 aliphatic heterocycles. The molecule has 2 saturated carbocycles. The van der Waals surface area contributed by atoms with Crippen LogP contribution in [-0.2, 0) is 0 Å². The first-order chi connectivity index (χ1) is 6.79. The smallest absolute Gasteiger partial charge is 0.0381 e. The van der Waals surface area contributed by atoms with E-state index in [9.17, 15) is 0 Å². The highest BCUT2D eigenvalue weighted by atomic mass is 14.4. The van der Waals surface area contributed by atoms with Crippen molar-refractivity contribution in [3.05, 3.63) is 0 Å². The summed E-state index contributed by atoms with van der Waals surface area (Å²) >= 11 is 0. The Balaban J connectivity index is 1.78. The Morgan fingerprint density at radius 1 is 0.929 bits per heavy atom. The van der Waals surface area contributed by atoms with Gasteiger partial charge in [-0.3, -0.25) is 0 Å². The van der Waals surface area contributed by atoms with Gasteiger partial charge in [-0.15, -0.1) is 0 Å². The normalized spacial score (nSPS) is 44.1. The lowest BCUT2D eigenvalue weighted by molar-refractivity contribution is 0.124. The molecule has 0 heterocycles. The SMILES string of the molecule is CCC1CCCC(C2CC(C)C2)CC1. The molecule has 2 atom stereocenters. The average molecular weight is 194 g/mol.